The van der Waals surface area contributed by atoms with Gasteiger partial charge in [0.1, 0.15) is 5.75 Å². The van der Waals surface area contributed by atoms with Crippen molar-refractivity contribution < 1.29 is 14.0 Å². The molecule has 0 radical (unpaired) electrons. The predicted molar refractivity (Wildman–Crippen MR) is 95.3 cm³/mol. The maximum atomic E-state index is 5.63. The van der Waals surface area contributed by atoms with Crippen molar-refractivity contribution in [1.82, 2.24) is 15.0 Å². The van der Waals surface area contributed by atoms with Gasteiger partial charge in [-0.25, -0.2) is 0 Å². The van der Waals surface area contributed by atoms with Crippen LogP contribution in [0.25, 0.3) is 0 Å². The van der Waals surface area contributed by atoms with Crippen LogP contribution in [-0.2, 0) is 17.7 Å². The van der Waals surface area contributed by atoms with Crippen LogP contribution in [0.4, 0.5) is 0 Å². The molecule has 1 aromatic carbocycles. The number of hydrogen-bond donors (Lipinski definition) is 0. The van der Waals surface area contributed by atoms with Crippen LogP contribution in [0.2, 0.25) is 0 Å². The molecule has 1 aromatic heterocycles. The summed E-state index contributed by atoms with van der Waals surface area (Å²) < 4.78 is 16.7. The number of nitrogens with zero attached hydrogens (tertiary/aromatic N) is 3. The molecule has 0 N–H and O–H groups in total. The van der Waals surface area contributed by atoms with Gasteiger partial charge in [0, 0.05) is 45.0 Å². The van der Waals surface area contributed by atoms with Gasteiger partial charge in [0.05, 0.1) is 19.1 Å². The Morgan fingerprint density at radius 1 is 1.27 bits per heavy atom. The number of rotatable bonds is 6. The summed E-state index contributed by atoms with van der Waals surface area (Å²) in [6, 6.07) is 6.58. The minimum Gasteiger partial charge on any atom is -0.493 e. The first-order valence-electron chi connectivity index (χ1n) is 9.59. The van der Waals surface area contributed by atoms with Crippen LogP contribution in [0.3, 0.4) is 0 Å². The van der Waals surface area contributed by atoms with Crippen molar-refractivity contribution in [3.8, 4) is 5.75 Å². The molecule has 5 rings (SSSR count). The van der Waals surface area contributed by atoms with Gasteiger partial charge < -0.3 is 14.0 Å². The summed E-state index contributed by atoms with van der Waals surface area (Å²) in [5.41, 5.74) is 2.67. The van der Waals surface area contributed by atoms with Gasteiger partial charge in [-0.3, -0.25) is 4.90 Å². The third-order valence-corrected chi connectivity index (χ3v) is 5.77. The third kappa shape index (κ3) is 3.12. The van der Waals surface area contributed by atoms with Crippen molar-refractivity contribution in [3.05, 3.63) is 41.0 Å². The summed E-state index contributed by atoms with van der Waals surface area (Å²) >= 11 is 0. The molecular formula is C20H25N3O3. The third-order valence-electron chi connectivity index (χ3n) is 5.77. The van der Waals surface area contributed by atoms with E-state index in [-0.39, 0.29) is 5.92 Å². The molecular weight excluding hydrogens is 330 g/mol. The molecule has 26 heavy (non-hydrogen) atoms. The summed E-state index contributed by atoms with van der Waals surface area (Å²) in [5.74, 6) is 3.91. The maximum absolute atomic E-state index is 5.63. The first-order chi connectivity index (χ1) is 12.8. The van der Waals surface area contributed by atoms with Crippen molar-refractivity contribution in [2.75, 3.05) is 33.4 Å². The Kier molecular flexibility index (Phi) is 4.17. The summed E-state index contributed by atoms with van der Waals surface area (Å²) in [5, 5.41) is 4.21. The SMILES string of the molecule is COCC1CN(Cc2ccc3c(c2)CCO3)CC1c1nc(C2CC2)no1. The molecule has 1 aliphatic carbocycles. The van der Waals surface area contributed by atoms with E-state index in [9.17, 15) is 0 Å². The largest absolute Gasteiger partial charge is 0.493 e. The van der Waals surface area contributed by atoms with E-state index < -0.39 is 0 Å². The number of benzene rings is 1. The summed E-state index contributed by atoms with van der Waals surface area (Å²) in [4.78, 5) is 7.18. The maximum Gasteiger partial charge on any atom is 0.231 e. The van der Waals surface area contributed by atoms with Crippen LogP contribution in [-0.4, -0.2) is 48.5 Å². The van der Waals surface area contributed by atoms with E-state index in [0.29, 0.717) is 11.8 Å². The number of likely N-dealkylation sites (tertiary alicyclic amines) is 1. The number of methoxy groups -OCH3 is 1. The fourth-order valence-electron chi connectivity index (χ4n) is 4.25. The van der Waals surface area contributed by atoms with Gasteiger partial charge in [0.2, 0.25) is 5.89 Å². The van der Waals surface area contributed by atoms with Gasteiger partial charge in [-0.05, 0) is 30.0 Å². The fraction of sp³-hybridized carbons (Fsp3) is 0.600. The standard InChI is InChI=1S/C20H25N3O3/c1-24-12-16-10-23(9-13-2-5-18-15(8-13)6-7-25-18)11-17(16)20-21-19(22-26-20)14-3-4-14/h2,5,8,14,16-17H,3-4,6-7,9-12H2,1H3. The zero-order valence-corrected chi connectivity index (χ0v) is 15.2. The van der Waals surface area contributed by atoms with Crippen LogP contribution in [0.15, 0.2) is 22.7 Å². The quantitative estimate of drug-likeness (QED) is 0.794. The topological polar surface area (TPSA) is 60.6 Å². The van der Waals surface area contributed by atoms with E-state index >= 15 is 0 Å². The second-order valence-corrected chi connectivity index (χ2v) is 7.82. The molecule has 6 heteroatoms. The second-order valence-electron chi connectivity index (χ2n) is 7.82. The van der Waals surface area contributed by atoms with E-state index in [1.165, 1.54) is 24.0 Å². The molecule has 6 nitrogen and oxygen atoms in total. The first kappa shape index (κ1) is 16.3. The van der Waals surface area contributed by atoms with Crippen molar-refractivity contribution >= 4 is 0 Å². The summed E-state index contributed by atoms with van der Waals surface area (Å²) in [6.07, 6.45) is 3.41. The van der Waals surface area contributed by atoms with Crippen LogP contribution >= 0.6 is 0 Å². The highest BCUT2D eigenvalue weighted by Crippen LogP contribution is 2.40. The van der Waals surface area contributed by atoms with E-state index in [0.717, 1.165) is 56.7 Å². The lowest BCUT2D eigenvalue weighted by Gasteiger charge is -2.16. The first-order valence-corrected chi connectivity index (χ1v) is 9.59. The van der Waals surface area contributed by atoms with Crippen LogP contribution < -0.4 is 4.74 Å². The molecule has 2 aliphatic heterocycles. The molecule has 1 saturated carbocycles. The summed E-state index contributed by atoms with van der Waals surface area (Å²) in [6.45, 7) is 4.40. The zero-order valence-electron chi connectivity index (χ0n) is 15.2. The molecule has 0 amide bonds. The van der Waals surface area contributed by atoms with Crippen molar-refractivity contribution in [3.63, 3.8) is 0 Å². The fourth-order valence-corrected chi connectivity index (χ4v) is 4.25. The molecule has 138 valence electrons. The molecule has 3 heterocycles. The average Bonchev–Trinajstić information content (AvgIpc) is 3.06. The monoisotopic (exact) mass is 355 g/mol. The minimum absolute atomic E-state index is 0.257. The second kappa shape index (κ2) is 6.67. The highest BCUT2D eigenvalue weighted by Gasteiger charge is 2.38. The van der Waals surface area contributed by atoms with Gasteiger partial charge in [0.25, 0.3) is 0 Å². The average molecular weight is 355 g/mol. The number of fused-ring (bicyclic) bond motifs is 1. The van der Waals surface area contributed by atoms with Gasteiger partial charge >= 0.3 is 0 Å². The molecule has 0 bridgehead atoms. The van der Waals surface area contributed by atoms with Gasteiger partial charge in [-0.15, -0.1) is 0 Å². The van der Waals surface area contributed by atoms with Crippen LogP contribution in [0.5, 0.6) is 5.75 Å². The zero-order chi connectivity index (χ0) is 17.5. The van der Waals surface area contributed by atoms with E-state index in [1.54, 1.807) is 7.11 Å². The molecule has 2 atom stereocenters. The predicted octanol–water partition coefficient (Wildman–Crippen LogP) is 2.74. The number of ether oxygens (including phenoxy) is 2. The Balaban J connectivity index is 1.30. The molecule has 3 aliphatic rings. The number of aromatic nitrogens is 2. The lowest BCUT2D eigenvalue weighted by molar-refractivity contribution is 0.142. The van der Waals surface area contributed by atoms with E-state index in [2.05, 4.69) is 28.3 Å². The van der Waals surface area contributed by atoms with Crippen molar-refractivity contribution in [2.24, 2.45) is 5.92 Å². The Labute approximate surface area is 153 Å². The number of hydrogen-bond acceptors (Lipinski definition) is 6. The van der Waals surface area contributed by atoms with Gasteiger partial charge in [0.15, 0.2) is 5.82 Å². The molecule has 2 unspecified atom stereocenters. The highest BCUT2D eigenvalue weighted by atomic mass is 16.5. The Bertz CT molecular complexity index is 786. The highest BCUT2D eigenvalue weighted by molar-refractivity contribution is 5.39. The lowest BCUT2D eigenvalue weighted by Crippen LogP contribution is -2.21. The van der Waals surface area contributed by atoms with E-state index in [4.69, 9.17) is 19.0 Å². The molecule has 2 fully saturated rings. The van der Waals surface area contributed by atoms with Crippen LogP contribution in [0, 0.1) is 5.92 Å². The van der Waals surface area contributed by atoms with Crippen molar-refractivity contribution in [1.29, 1.82) is 0 Å². The molecule has 1 saturated heterocycles. The van der Waals surface area contributed by atoms with Gasteiger partial charge in [-0.2, -0.15) is 4.98 Å². The van der Waals surface area contributed by atoms with Crippen molar-refractivity contribution in [2.45, 2.75) is 37.6 Å². The Morgan fingerprint density at radius 3 is 3.04 bits per heavy atom. The lowest BCUT2D eigenvalue weighted by atomic mass is 9.97. The normalized spacial score (nSPS) is 25.4. The molecule has 2 aromatic rings. The van der Waals surface area contributed by atoms with Gasteiger partial charge in [-0.1, -0.05) is 17.3 Å². The minimum atomic E-state index is 0.257. The van der Waals surface area contributed by atoms with Crippen LogP contribution in [0.1, 0.15) is 47.5 Å². The van der Waals surface area contributed by atoms with E-state index in [1.807, 2.05) is 0 Å². The smallest absolute Gasteiger partial charge is 0.231 e. The summed E-state index contributed by atoms with van der Waals surface area (Å²) in [7, 11) is 1.77. The Hall–Kier alpha value is -1.92. The molecule has 0 spiro atoms. The Morgan fingerprint density at radius 2 is 2.19 bits per heavy atom.